The van der Waals surface area contributed by atoms with Crippen molar-refractivity contribution < 1.29 is 8.42 Å². The molecule has 7 heteroatoms. The van der Waals surface area contributed by atoms with Gasteiger partial charge in [-0.1, -0.05) is 0 Å². The van der Waals surface area contributed by atoms with Gasteiger partial charge in [-0.2, -0.15) is 0 Å². The summed E-state index contributed by atoms with van der Waals surface area (Å²) in [4.78, 5) is 10.2. The zero-order valence-corrected chi connectivity index (χ0v) is 9.60. The molecule has 0 atom stereocenters. The minimum atomic E-state index is -3.40. The van der Waals surface area contributed by atoms with Gasteiger partial charge in [-0.15, -0.1) is 0 Å². The Hall–Kier alpha value is -1.21. The standard InChI is InChI=1S/C9H14N4O2S/c10-16(14,15)8-2-6-13(7-3-8)9-11-4-1-5-12-9/h1,4-5,8H,2-3,6-7H2,(H2,10,14,15). The largest absolute Gasteiger partial charge is 0.341 e. The summed E-state index contributed by atoms with van der Waals surface area (Å²) < 4.78 is 22.3. The highest BCUT2D eigenvalue weighted by Gasteiger charge is 2.27. The quantitative estimate of drug-likeness (QED) is 0.771. The summed E-state index contributed by atoms with van der Waals surface area (Å²) in [6, 6.07) is 1.75. The normalized spacial score (nSPS) is 18.7. The van der Waals surface area contributed by atoms with E-state index in [1.165, 1.54) is 0 Å². The molecule has 88 valence electrons. The van der Waals surface area contributed by atoms with E-state index in [0.29, 0.717) is 31.9 Å². The summed E-state index contributed by atoms with van der Waals surface area (Å²) >= 11 is 0. The molecule has 16 heavy (non-hydrogen) atoms. The van der Waals surface area contributed by atoms with Crippen LogP contribution in [0, 0.1) is 0 Å². The third-order valence-corrected chi connectivity index (χ3v) is 4.14. The highest BCUT2D eigenvalue weighted by Crippen LogP contribution is 2.18. The van der Waals surface area contributed by atoms with Crippen molar-refractivity contribution in [3.63, 3.8) is 0 Å². The fourth-order valence-electron chi connectivity index (χ4n) is 1.84. The molecule has 2 N–H and O–H groups in total. The third-order valence-electron chi connectivity index (χ3n) is 2.74. The second kappa shape index (κ2) is 4.34. The number of aromatic nitrogens is 2. The smallest absolute Gasteiger partial charge is 0.225 e. The third kappa shape index (κ3) is 2.48. The van der Waals surface area contributed by atoms with Crippen LogP contribution in [0.3, 0.4) is 0 Å². The molecule has 0 aliphatic carbocycles. The number of primary sulfonamides is 1. The van der Waals surface area contributed by atoms with Crippen LogP contribution in [0.4, 0.5) is 5.95 Å². The van der Waals surface area contributed by atoms with Gasteiger partial charge in [0.1, 0.15) is 0 Å². The minimum Gasteiger partial charge on any atom is -0.341 e. The Bertz CT molecular complexity index is 440. The molecule has 2 heterocycles. The first-order chi connectivity index (χ1) is 7.57. The van der Waals surface area contributed by atoms with Crippen LogP contribution >= 0.6 is 0 Å². The molecule has 0 amide bonds. The van der Waals surface area contributed by atoms with Crippen molar-refractivity contribution in [2.24, 2.45) is 5.14 Å². The van der Waals surface area contributed by atoms with Crippen LogP contribution < -0.4 is 10.0 Å². The molecular formula is C9H14N4O2S. The van der Waals surface area contributed by atoms with E-state index in [9.17, 15) is 8.42 Å². The van der Waals surface area contributed by atoms with Gasteiger partial charge in [-0.25, -0.2) is 23.5 Å². The van der Waals surface area contributed by atoms with Crippen LogP contribution in [0.15, 0.2) is 18.5 Å². The van der Waals surface area contributed by atoms with Crippen LogP contribution in [-0.4, -0.2) is 36.7 Å². The van der Waals surface area contributed by atoms with Crippen LogP contribution in [0.1, 0.15) is 12.8 Å². The second-order valence-electron chi connectivity index (χ2n) is 3.82. The maximum absolute atomic E-state index is 11.2. The maximum atomic E-state index is 11.2. The van der Waals surface area contributed by atoms with Gasteiger partial charge in [0.2, 0.25) is 16.0 Å². The van der Waals surface area contributed by atoms with Crippen LogP contribution in [0.5, 0.6) is 0 Å². The van der Waals surface area contributed by atoms with E-state index in [1.54, 1.807) is 18.5 Å². The number of anilines is 1. The van der Waals surface area contributed by atoms with Crippen LogP contribution in [-0.2, 0) is 10.0 Å². The fourth-order valence-corrected chi connectivity index (χ4v) is 2.71. The highest BCUT2D eigenvalue weighted by molar-refractivity contribution is 7.89. The molecule has 0 aromatic carbocycles. The highest BCUT2D eigenvalue weighted by atomic mass is 32.2. The van der Waals surface area contributed by atoms with Gasteiger partial charge < -0.3 is 4.90 Å². The molecule has 1 saturated heterocycles. The Morgan fingerprint density at radius 3 is 2.31 bits per heavy atom. The van der Waals surface area contributed by atoms with Crippen LogP contribution in [0.25, 0.3) is 0 Å². The molecule has 1 fully saturated rings. The number of sulfonamides is 1. The van der Waals surface area contributed by atoms with Crippen molar-refractivity contribution in [2.45, 2.75) is 18.1 Å². The number of hydrogen-bond donors (Lipinski definition) is 1. The monoisotopic (exact) mass is 242 g/mol. The predicted octanol–water partition coefficient (Wildman–Crippen LogP) is -0.266. The summed E-state index contributed by atoms with van der Waals surface area (Å²) in [5.41, 5.74) is 0. The zero-order chi connectivity index (χ0) is 11.6. The zero-order valence-electron chi connectivity index (χ0n) is 8.78. The van der Waals surface area contributed by atoms with E-state index in [0.717, 1.165) is 0 Å². The molecule has 0 radical (unpaired) electrons. The summed E-state index contributed by atoms with van der Waals surface area (Å²) in [6.45, 7) is 1.26. The van der Waals surface area contributed by atoms with Crippen molar-refractivity contribution >= 4 is 16.0 Å². The first kappa shape index (κ1) is 11.3. The van der Waals surface area contributed by atoms with Gasteiger partial charge in [-0.05, 0) is 18.9 Å². The number of nitrogens with two attached hydrogens (primary N) is 1. The van der Waals surface area contributed by atoms with Gasteiger partial charge in [0, 0.05) is 25.5 Å². The number of piperidine rings is 1. The lowest BCUT2D eigenvalue weighted by Gasteiger charge is -2.30. The number of hydrogen-bond acceptors (Lipinski definition) is 5. The average Bonchev–Trinajstić information content (AvgIpc) is 2.29. The lowest BCUT2D eigenvalue weighted by atomic mass is 10.1. The summed E-state index contributed by atoms with van der Waals surface area (Å²) in [7, 11) is -3.40. The summed E-state index contributed by atoms with van der Waals surface area (Å²) in [6.07, 6.45) is 4.43. The van der Waals surface area contributed by atoms with Crippen molar-refractivity contribution in [3.8, 4) is 0 Å². The van der Waals surface area contributed by atoms with E-state index in [4.69, 9.17) is 5.14 Å². The molecule has 6 nitrogen and oxygen atoms in total. The van der Waals surface area contributed by atoms with Crippen LogP contribution in [0.2, 0.25) is 0 Å². The first-order valence-corrected chi connectivity index (χ1v) is 6.72. The molecule has 1 aromatic rings. The molecule has 0 unspecified atom stereocenters. The Kier molecular flexibility index (Phi) is 3.06. The summed E-state index contributed by atoms with van der Waals surface area (Å²) in [5, 5.41) is 4.69. The number of rotatable bonds is 2. The van der Waals surface area contributed by atoms with Gasteiger partial charge >= 0.3 is 0 Å². The van der Waals surface area contributed by atoms with Gasteiger partial charge in [0.05, 0.1) is 5.25 Å². The Balaban J connectivity index is 2.01. The summed E-state index contributed by atoms with van der Waals surface area (Å²) in [5.74, 6) is 0.648. The predicted molar refractivity (Wildman–Crippen MR) is 60.4 cm³/mol. The van der Waals surface area contributed by atoms with E-state index in [1.807, 2.05) is 4.90 Å². The molecule has 1 aromatic heterocycles. The SMILES string of the molecule is NS(=O)(=O)C1CCN(c2ncccn2)CC1. The van der Waals surface area contributed by atoms with E-state index >= 15 is 0 Å². The molecule has 0 bridgehead atoms. The Labute approximate surface area is 94.6 Å². The van der Waals surface area contributed by atoms with Crippen molar-refractivity contribution in [1.29, 1.82) is 0 Å². The molecule has 1 aliphatic rings. The topological polar surface area (TPSA) is 89.2 Å². The molecule has 1 aliphatic heterocycles. The fraction of sp³-hybridized carbons (Fsp3) is 0.556. The van der Waals surface area contributed by atoms with Gasteiger partial charge in [0.15, 0.2) is 0 Å². The Morgan fingerprint density at radius 1 is 1.25 bits per heavy atom. The average molecular weight is 242 g/mol. The van der Waals surface area contributed by atoms with E-state index in [2.05, 4.69) is 9.97 Å². The van der Waals surface area contributed by atoms with Gasteiger partial charge in [-0.3, -0.25) is 0 Å². The van der Waals surface area contributed by atoms with Gasteiger partial charge in [0.25, 0.3) is 0 Å². The van der Waals surface area contributed by atoms with E-state index < -0.39 is 15.3 Å². The lowest BCUT2D eigenvalue weighted by molar-refractivity contribution is 0.527. The molecule has 0 spiro atoms. The molecule has 0 saturated carbocycles. The second-order valence-corrected chi connectivity index (χ2v) is 5.67. The maximum Gasteiger partial charge on any atom is 0.225 e. The first-order valence-electron chi connectivity index (χ1n) is 5.11. The Morgan fingerprint density at radius 2 is 1.81 bits per heavy atom. The van der Waals surface area contributed by atoms with Crippen molar-refractivity contribution in [3.05, 3.63) is 18.5 Å². The number of nitrogens with zero attached hydrogens (tertiary/aromatic N) is 3. The van der Waals surface area contributed by atoms with E-state index in [-0.39, 0.29) is 0 Å². The lowest BCUT2D eigenvalue weighted by Crippen LogP contribution is -2.42. The minimum absolute atomic E-state index is 0.424. The molecular weight excluding hydrogens is 228 g/mol. The molecule has 2 rings (SSSR count). The van der Waals surface area contributed by atoms with Crippen molar-refractivity contribution in [1.82, 2.24) is 9.97 Å². The van der Waals surface area contributed by atoms with Crippen molar-refractivity contribution in [2.75, 3.05) is 18.0 Å².